The largest absolute Gasteiger partial charge is 0.496 e. The van der Waals surface area contributed by atoms with E-state index < -0.39 is 0 Å². The highest BCUT2D eigenvalue weighted by Gasteiger charge is 2.13. The molecule has 3 aromatic carbocycles. The lowest BCUT2D eigenvalue weighted by Crippen LogP contribution is -1.95. The van der Waals surface area contributed by atoms with Gasteiger partial charge in [-0.1, -0.05) is 24.3 Å². The zero-order valence-corrected chi connectivity index (χ0v) is 22.6. The predicted molar refractivity (Wildman–Crippen MR) is 148 cm³/mol. The van der Waals surface area contributed by atoms with Crippen LogP contribution in [0.2, 0.25) is 0 Å². The van der Waals surface area contributed by atoms with Crippen LogP contribution in [0.1, 0.15) is 27.8 Å². The summed E-state index contributed by atoms with van der Waals surface area (Å²) in [5.41, 5.74) is 4.60. The number of hydrogen-bond donors (Lipinski definition) is 0. The fourth-order valence-corrected chi connectivity index (χ4v) is 4.06. The first-order valence-electron chi connectivity index (χ1n) is 11.6. The van der Waals surface area contributed by atoms with E-state index in [0.717, 1.165) is 33.6 Å². The maximum Gasteiger partial charge on any atom is 0.203 e. The van der Waals surface area contributed by atoms with E-state index in [-0.39, 0.29) is 0 Å². The number of aryl methyl sites for hydroxylation is 1. The minimum atomic E-state index is 0.544. The first-order valence-corrected chi connectivity index (χ1v) is 11.6. The topological polar surface area (TPSA) is 64.6 Å². The molecule has 0 unspecified atom stereocenters. The highest BCUT2D eigenvalue weighted by Crippen LogP contribution is 2.39. The lowest BCUT2D eigenvalue weighted by Gasteiger charge is -2.13. The molecule has 0 aliphatic carbocycles. The van der Waals surface area contributed by atoms with Crippen LogP contribution in [0.15, 0.2) is 36.4 Å². The number of hydrogen-bond acceptors (Lipinski definition) is 7. The minimum Gasteiger partial charge on any atom is -0.496 e. The summed E-state index contributed by atoms with van der Waals surface area (Å²) in [7, 11) is 11.3. The lowest BCUT2D eigenvalue weighted by molar-refractivity contribution is 0.324. The number of methoxy groups -OCH3 is 7. The maximum atomic E-state index is 5.64. The Balaban J connectivity index is 2.02. The molecular weight excluding hydrogens is 472 g/mol. The van der Waals surface area contributed by atoms with Gasteiger partial charge in [-0.15, -0.1) is 0 Å². The molecule has 0 amide bonds. The van der Waals surface area contributed by atoms with Crippen molar-refractivity contribution in [2.45, 2.75) is 6.92 Å². The van der Waals surface area contributed by atoms with Crippen LogP contribution in [0.25, 0.3) is 24.3 Å². The molecule has 0 radical (unpaired) electrons. The summed E-state index contributed by atoms with van der Waals surface area (Å²) in [6, 6.07) is 11.6. The third-order valence-electron chi connectivity index (χ3n) is 5.87. The van der Waals surface area contributed by atoms with E-state index in [9.17, 15) is 0 Å². The van der Waals surface area contributed by atoms with Crippen molar-refractivity contribution in [3.05, 3.63) is 64.2 Å². The van der Waals surface area contributed by atoms with Gasteiger partial charge in [0.25, 0.3) is 0 Å². The first kappa shape index (κ1) is 27.3. The molecule has 0 spiro atoms. The summed E-state index contributed by atoms with van der Waals surface area (Å²) in [6.45, 7) is 1.98. The normalized spacial score (nSPS) is 11.0. The van der Waals surface area contributed by atoms with E-state index in [1.165, 1.54) is 0 Å². The monoisotopic (exact) mass is 506 g/mol. The fraction of sp³-hybridized carbons (Fsp3) is 0.267. The van der Waals surface area contributed by atoms with Crippen LogP contribution in [-0.4, -0.2) is 49.8 Å². The van der Waals surface area contributed by atoms with Gasteiger partial charge < -0.3 is 33.2 Å². The molecule has 7 heteroatoms. The molecule has 0 aliphatic heterocycles. The third kappa shape index (κ3) is 6.12. The Hall–Kier alpha value is -4.26. The molecule has 0 saturated carbocycles. The Morgan fingerprint density at radius 2 is 0.811 bits per heavy atom. The number of ether oxygens (including phenoxy) is 7. The van der Waals surface area contributed by atoms with Crippen molar-refractivity contribution in [1.82, 2.24) is 0 Å². The zero-order chi connectivity index (χ0) is 26.9. The van der Waals surface area contributed by atoms with Gasteiger partial charge >= 0.3 is 0 Å². The molecule has 0 saturated heterocycles. The van der Waals surface area contributed by atoms with Gasteiger partial charge in [0.2, 0.25) is 5.75 Å². The highest BCUT2D eigenvalue weighted by atomic mass is 16.5. The van der Waals surface area contributed by atoms with Gasteiger partial charge in [0.05, 0.1) is 49.8 Å². The Morgan fingerprint density at radius 1 is 0.405 bits per heavy atom. The van der Waals surface area contributed by atoms with Crippen LogP contribution in [-0.2, 0) is 0 Å². The molecule has 3 rings (SSSR count). The summed E-state index contributed by atoms with van der Waals surface area (Å²) in [5, 5.41) is 0. The third-order valence-corrected chi connectivity index (χ3v) is 5.87. The molecule has 37 heavy (non-hydrogen) atoms. The van der Waals surface area contributed by atoms with E-state index in [2.05, 4.69) is 0 Å². The van der Waals surface area contributed by atoms with Crippen molar-refractivity contribution >= 4 is 24.3 Å². The molecule has 0 atom stereocenters. The average molecular weight is 507 g/mol. The van der Waals surface area contributed by atoms with Crippen molar-refractivity contribution < 1.29 is 33.2 Å². The fourth-order valence-electron chi connectivity index (χ4n) is 4.06. The van der Waals surface area contributed by atoms with E-state index in [4.69, 9.17) is 33.2 Å². The minimum absolute atomic E-state index is 0.544. The zero-order valence-electron chi connectivity index (χ0n) is 22.6. The van der Waals surface area contributed by atoms with Gasteiger partial charge in [0.1, 0.15) is 11.5 Å². The van der Waals surface area contributed by atoms with Crippen molar-refractivity contribution in [1.29, 1.82) is 0 Å². The quantitative estimate of drug-likeness (QED) is 0.279. The van der Waals surface area contributed by atoms with Crippen LogP contribution >= 0.6 is 0 Å². The predicted octanol–water partition coefficient (Wildman–Crippen LogP) is 6.40. The van der Waals surface area contributed by atoms with Crippen molar-refractivity contribution in [2.24, 2.45) is 0 Å². The summed E-state index contributed by atoms with van der Waals surface area (Å²) in [4.78, 5) is 0. The first-order chi connectivity index (χ1) is 17.9. The summed E-state index contributed by atoms with van der Waals surface area (Å²) >= 11 is 0. The molecular formula is C30H34O7. The van der Waals surface area contributed by atoms with Crippen LogP contribution in [0.3, 0.4) is 0 Å². The van der Waals surface area contributed by atoms with Crippen molar-refractivity contribution in [3.8, 4) is 40.2 Å². The Kier molecular flexibility index (Phi) is 9.33. The van der Waals surface area contributed by atoms with Gasteiger partial charge in [-0.3, -0.25) is 0 Å². The molecule has 0 heterocycles. The van der Waals surface area contributed by atoms with E-state index in [1.807, 2.05) is 67.6 Å². The Bertz CT molecular complexity index is 1270. The van der Waals surface area contributed by atoms with Gasteiger partial charge in [-0.25, -0.2) is 0 Å². The molecule has 0 N–H and O–H groups in total. The van der Waals surface area contributed by atoms with Gasteiger partial charge in [0.15, 0.2) is 23.0 Å². The van der Waals surface area contributed by atoms with Crippen LogP contribution in [0, 0.1) is 6.92 Å². The molecule has 0 fully saturated rings. The number of benzene rings is 3. The molecule has 3 aromatic rings. The smallest absolute Gasteiger partial charge is 0.203 e. The standard InChI is InChI=1S/C30H34O7/c1-19-13-20(14-26(33-4)29(19)36-7)9-11-22-17-23(25(32-3)18-24(22)31-2)12-10-21-15-27(34-5)30(37-8)28(16-21)35-6/h9-18H,1-8H3/b11-9+,12-10+. The second-order valence-electron chi connectivity index (χ2n) is 8.03. The maximum absolute atomic E-state index is 5.64. The lowest BCUT2D eigenvalue weighted by atomic mass is 10.0. The summed E-state index contributed by atoms with van der Waals surface area (Å²) in [5.74, 6) is 4.48. The van der Waals surface area contributed by atoms with Crippen molar-refractivity contribution in [2.75, 3.05) is 49.8 Å². The second-order valence-corrected chi connectivity index (χ2v) is 8.03. The van der Waals surface area contributed by atoms with Gasteiger partial charge in [-0.05, 0) is 53.9 Å². The molecule has 0 aromatic heterocycles. The molecule has 0 aliphatic rings. The molecule has 196 valence electrons. The average Bonchev–Trinajstić information content (AvgIpc) is 2.93. The SMILES string of the molecule is COc1cc(OC)c(/C=C/c2cc(OC)c(OC)c(OC)c2)cc1/C=C/c1cc(C)c(OC)c(OC)c1. The second kappa shape index (κ2) is 12.6. The number of rotatable bonds is 11. The molecule has 7 nitrogen and oxygen atoms in total. The van der Waals surface area contributed by atoms with E-state index >= 15 is 0 Å². The highest BCUT2D eigenvalue weighted by molar-refractivity contribution is 5.80. The van der Waals surface area contributed by atoms with E-state index in [0.29, 0.717) is 34.5 Å². The molecule has 0 bridgehead atoms. The van der Waals surface area contributed by atoms with Crippen LogP contribution in [0.5, 0.6) is 40.2 Å². The summed E-state index contributed by atoms with van der Waals surface area (Å²) < 4.78 is 38.6. The van der Waals surface area contributed by atoms with Crippen molar-refractivity contribution in [3.63, 3.8) is 0 Å². The van der Waals surface area contributed by atoms with Crippen LogP contribution in [0.4, 0.5) is 0 Å². The van der Waals surface area contributed by atoms with Gasteiger partial charge in [-0.2, -0.15) is 0 Å². The van der Waals surface area contributed by atoms with Crippen LogP contribution < -0.4 is 33.2 Å². The summed E-state index contributed by atoms with van der Waals surface area (Å²) in [6.07, 6.45) is 7.93. The van der Waals surface area contributed by atoms with Gasteiger partial charge in [0, 0.05) is 17.2 Å². The Morgan fingerprint density at radius 3 is 1.22 bits per heavy atom. The Labute approximate surface area is 218 Å². The van der Waals surface area contributed by atoms with E-state index in [1.54, 1.807) is 49.8 Å².